The third-order valence-electron chi connectivity index (χ3n) is 6.30. The van der Waals surface area contributed by atoms with Crippen LogP contribution in [-0.4, -0.2) is 72.8 Å². The number of fused-ring (bicyclic) bond motifs is 1. The van der Waals surface area contributed by atoms with E-state index in [1.165, 1.54) is 18.0 Å². The van der Waals surface area contributed by atoms with Crippen molar-refractivity contribution >= 4 is 28.9 Å². The van der Waals surface area contributed by atoms with Crippen LogP contribution >= 0.6 is 0 Å². The van der Waals surface area contributed by atoms with Gasteiger partial charge in [0.05, 0.1) is 19.3 Å². The monoisotopic (exact) mass is 506 g/mol. The number of anilines is 2. The van der Waals surface area contributed by atoms with Gasteiger partial charge >= 0.3 is 5.97 Å². The molecule has 37 heavy (non-hydrogen) atoms. The van der Waals surface area contributed by atoms with Crippen molar-refractivity contribution in [3.8, 4) is 11.1 Å². The Kier molecular flexibility index (Phi) is 6.72. The highest BCUT2D eigenvalue weighted by atomic mass is 16.6. The molecule has 1 aliphatic heterocycles. The van der Waals surface area contributed by atoms with E-state index in [0.717, 1.165) is 16.7 Å². The van der Waals surface area contributed by atoms with E-state index in [2.05, 4.69) is 20.3 Å². The molecule has 1 fully saturated rings. The number of esters is 1. The molecule has 0 spiro atoms. The number of rotatable bonds is 7. The van der Waals surface area contributed by atoms with E-state index in [1.807, 2.05) is 30.3 Å². The number of imidazole rings is 1. The average molecular weight is 507 g/mol. The molecular formula is C25H26N6O6. The topological polar surface area (TPSA) is 178 Å². The molecule has 0 saturated carbocycles. The molecule has 0 aliphatic carbocycles. The van der Waals surface area contributed by atoms with Crippen molar-refractivity contribution < 1.29 is 29.6 Å². The lowest BCUT2D eigenvalue weighted by atomic mass is 10.0. The second-order valence-corrected chi connectivity index (χ2v) is 8.59. The second kappa shape index (κ2) is 10.1. The zero-order valence-corrected chi connectivity index (χ0v) is 19.9. The predicted molar refractivity (Wildman–Crippen MR) is 133 cm³/mol. The van der Waals surface area contributed by atoms with Crippen LogP contribution in [0, 0.1) is 0 Å². The minimum Gasteiger partial charge on any atom is -0.465 e. The maximum atomic E-state index is 11.8. The van der Waals surface area contributed by atoms with Gasteiger partial charge in [-0.1, -0.05) is 36.4 Å². The standard InChI is InChI=1S/C25H26N6O6/c1-36-24(35)16-4-2-3-15(9-16)14-7-5-13(6-8-14)10-27-25-30-18-21(26)28-12-29-22(18)31(25)23-20(34)19(33)17(11-32)37-23/h2-9,12,17,19-20,23,32-34H,10-11H2,1H3,(H,27,30)(H2,26,28,29)/t17-,19-,20-,23-/m1/s1. The zero-order valence-electron chi connectivity index (χ0n) is 19.9. The van der Waals surface area contributed by atoms with Crippen LogP contribution in [0.15, 0.2) is 54.9 Å². The van der Waals surface area contributed by atoms with Gasteiger partial charge in [0.15, 0.2) is 23.2 Å². The first kappa shape index (κ1) is 24.6. The van der Waals surface area contributed by atoms with Gasteiger partial charge in [0, 0.05) is 6.54 Å². The van der Waals surface area contributed by atoms with Crippen molar-refractivity contribution in [1.82, 2.24) is 19.5 Å². The summed E-state index contributed by atoms with van der Waals surface area (Å²) in [5, 5.41) is 33.6. The van der Waals surface area contributed by atoms with Crippen LogP contribution < -0.4 is 11.1 Å². The molecule has 4 aromatic rings. The summed E-state index contributed by atoms with van der Waals surface area (Å²) in [4.78, 5) is 24.6. The Hall–Kier alpha value is -4.10. The summed E-state index contributed by atoms with van der Waals surface area (Å²) >= 11 is 0. The van der Waals surface area contributed by atoms with Crippen molar-refractivity contribution in [1.29, 1.82) is 0 Å². The van der Waals surface area contributed by atoms with E-state index in [-0.39, 0.29) is 5.82 Å². The fourth-order valence-corrected chi connectivity index (χ4v) is 4.33. The Morgan fingerprint density at radius 1 is 1.14 bits per heavy atom. The number of aliphatic hydroxyl groups excluding tert-OH is 3. The molecule has 1 aliphatic rings. The SMILES string of the molecule is COC(=O)c1cccc(-c2ccc(CNc3nc4c(N)ncnc4n3[C@@H]3O[C@H](CO)[C@@H](O)[C@H]3O)cc2)c1. The molecule has 2 aromatic heterocycles. The molecule has 12 nitrogen and oxygen atoms in total. The van der Waals surface area contributed by atoms with Gasteiger partial charge in [0.2, 0.25) is 5.95 Å². The molecule has 0 amide bonds. The van der Waals surface area contributed by atoms with Crippen LogP contribution in [0.2, 0.25) is 0 Å². The molecule has 6 N–H and O–H groups in total. The predicted octanol–water partition coefficient (Wildman–Crippen LogP) is 1.09. The lowest BCUT2D eigenvalue weighted by Crippen LogP contribution is -2.33. The highest BCUT2D eigenvalue weighted by molar-refractivity contribution is 5.91. The number of nitrogens with two attached hydrogens (primary N) is 1. The number of carbonyl (C=O) groups excluding carboxylic acids is 1. The van der Waals surface area contributed by atoms with Gasteiger partial charge in [0.1, 0.15) is 24.6 Å². The van der Waals surface area contributed by atoms with E-state index >= 15 is 0 Å². The number of carbonyl (C=O) groups is 1. The number of nitrogen functional groups attached to an aromatic ring is 1. The summed E-state index contributed by atoms with van der Waals surface area (Å²) in [5.41, 5.74) is 9.81. The van der Waals surface area contributed by atoms with Crippen LogP contribution in [0.3, 0.4) is 0 Å². The van der Waals surface area contributed by atoms with Crippen LogP contribution in [-0.2, 0) is 16.0 Å². The number of hydrogen-bond donors (Lipinski definition) is 5. The van der Waals surface area contributed by atoms with E-state index in [1.54, 1.807) is 18.2 Å². The minimum atomic E-state index is -1.33. The third kappa shape index (κ3) is 4.58. The number of aromatic nitrogens is 4. The summed E-state index contributed by atoms with van der Waals surface area (Å²) in [6.07, 6.45) is -3.36. The fourth-order valence-electron chi connectivity index (χ4n) is 4.33. The van der Waals surface area contributed by atoms with Crippen LogP contribution in [0.5, 0.6) is 0 Å². The highest BCUT2D eigenvalue weighted by Gasteiger charge is 2.45. The average Bonchev–Trinajstić information content (AvgIpc) is 3.44. The molecule has 5 rings (SSSR count). The Bertz CT molecular complexity index is 1430. The third-order valence-corrected chi connectivity index (χ3v) is 6.30. The Labute approximate surface area is 211 Å². The van der Waals surface area contributed by atoms with Crippen molar-refractivity contribution in [2.75, 3.05) is 24.8 Å². The number of aliphatic hydroxyl groups is 3. The maximum Gasteiger partial charge on any atom is 0.337 e. The molecule has 1 saturated heterocycles. The molecule has 4 atom stereocenters. The Morgan fingerprint density at radius 3 is 2.62 bits per heavy atom. The first-order valence-electron chi connectivity index (χ1n) is 11.5. The lowest BCUT2D eigenvalue weighted by molar-refractivity contribution is -0.0501. The minimum absolute atomic E-state index is 0.150. The summed E-state index contributed by atoms with van der Waals surface area (Å²) in [5.74, 6) is 0.0500. The number of nitrogens with zero attached hydrogens (tertiary/aromatic N) is 4. The van der Waals surface area contributed by atoms with Gasteiger partial charge in [-0.3, -0.25) is 4.57 Å². The van der Waals surface area contributed by atoms with Gasteiger partial charge in [-0.2, -0.15) is 0 Å². The summed E-state index contributed by atoms with van der Waals surface area (Å²) in [6.45, 7) is -0.107. The van der Waals surface area contributed by atoms with Gasteiger partial charge in [-0.15, -0.1) is 0 Å². The molecule has 0 bridgehead atoms. The van der Waals surface area contributed by atoms with Gasteiger partial charge in [-0.05, 0) is 28.8 Å². The van der Waals surface area contributed by atoms with Crippen LogP contribution in [0.4, 0.5) is 11.8 Å². The number of hydrogen-bond acceptors (Lipinski definition) is 11. The van der Waals surface area contributed by atoms with Gasteiger partial charge in [0.25, 0.3) is 0 Å². The van der Waals surface area contributed by atoms with Gasteiger partial charge < -0.3 is 35.8 Å². The molecule has 3 heterocycles. The van der Waals surface area contributed by atoms with Crippen molar-refractivity contribution in [2.24, 2.45) is 0 Å². The van der Waals surface area contributed by atoms with Crippen molar-refractivity contribution in [2.45, 2.75) is 31.1 Å². The normalized spacial score (nSPS) is 21.3. The fraction of sp³-hybridized carbons (Fsp3) is 0.280. The molecular weight excluding hydrogens is 480 g/mol. The van der Waals surface area contributed by atoms with E-state index in [0.29, 0.717) is 29.2 Å². The smallest absolute Gasteiger partial charge is 0.337 e. The quantitative estimate of drug-likeness (QED) is 0.227. The van der Waals surface area contributed by atoms with E-state index < -0.39 is 37.1 Å². The van der Waals surface area contributed by atoms with Crippen LogP contribution in [0.1, 0.15) is 22.1 Å². The molecule has 2 aromatic carbocycles. The largest absolute Gasteiger partial charge is 0.465 e. The van der Waals surface area contributed by atoms with E-state index in [4.69, 9.17) is 15.2 Å². The van der Waals surface area contributed by atoms with Crippen LogP contribution in [0.25, 0.3) is 22.3 Å². The first-order chi connectivity index (χ1) is 17.9. The Balaban J connectivity index is 1.40. The number of methoxy groups -OCH3 is 1. The number of benzene rings is 2. The summed E-state index contributed by atoms with van der Waals surface area (Å²) < 4.78 is 12.0. The molecule has 192 valence electrons. The zero-order chi connectivity index (χ0) is 26.1. The Morgan fingerprint density at radius 2 is 1.92 bits per heavy atom. The molecule has 0 radical (unpaired) electrons. The lowest BCUT2D eigenvalue weighted by Gasteiger charge is -2.19. The first-order valence-corrected chi connectivity index (χ1v) is 11.5. The maximum absolute atomic E-state index is 11.8. The highest BCUT2D eigenvalue weighted by Crippen LogP contribution is 2.35. The molecule has 0 unspecified atom stereocenters. The number of ether oxygens (including phenoxy) is 2. The number of nitrogens with one attached hydrogen (secondary N) is 1. The van der Waals surface area contributed by atoms with Gasteiger partial charge in [-0.25, -0.2) is 19.7 Å². The summed E-state index contributed by atoms with van der Waals surface area (Å²) in [6, 6.07) is 14.9. The molecule has 12 heteroatoms. The summed E-state index contributed by atoms with van der Waals surface area (Å²) in [7, 11) is 1.35. The van der Waals surface area contributed by atoms with Crippen molar-refractivity contribution in [3.05, 3.63) is 66.0 Å². The van der Waals surface area contributed by atoms with E-state index in [9.17, 15) is 20.1 Å². The van der Waals surface area contributed by atoms with Crippen molar-refractivity contribution in [3.63, 3.8) is 0 Å². The second-order valence-electron chi connectivity index (χ2n) is 8.59.